The number of fused-ring (bicyclic) bond motifs is 1. The topological polar surface area (TPSA) is 137 Å². The molecule has 10 heteroatoms. The van der Waals surface area contributed by atoms with Crippen molar-refractivity contribution in [2.24, 2.45) is 0 Å². The molecule has 10 nitrogen and oxygen atoms in total. The third-order valence-electron chi connectivity index (χ3n) is 5.16. The molecule has 178 valence electrons. The summed E-state index contributed by atoms with van der Waals surface area (Å²) in [4.78, 5) is 37.7. The number of nitrogens with one attached hydrogen (secondary N) is 2. The van der Waals surface area contributed by atoms with Gasteiger partial charge in [0.05, 0.1) is 13.2 Å². The largest absolute Gasteiger partial charge is 0.382 e. The molecular weight excluding hydrogens is 446 g/mol. The standard InChI is InChI=1S/C25H25N7O3/c1-35-15-5-3-7-21(33)29-16-20-31-22(23-24(26)28-13-14-32(20)23)17-8-10-18(11-9-17)25(34)30-19-6-2-4-12-27-19/h2-6,8-14H,7,15-16H2,1H3,(H2,26,28)(H,29,33)(H,27,30,34)/b5-3-. The third-order valence-corrected chi connectivity index (χ3v) is 5.16. The summed E-state index contributed by atoms with van der Waals surface area (Å²) in [5, 5.41) is 5.62. The van der Waals surface area contributed by atoms with Gasteiger partial charge in [0.2, 0.25) is 5.91 Å². The number of amides is 2. The number of hydrogen-bond donors (Lipinski definition) is 3. The van der Waals surface area contributed by atoms with Gasteiger partial charge in [-0.3, -0.25) is 14.0 Å². The van der Waals surface area contributed by atoms with E-state index in [9.17, 15) is 9.59 Å². The van der Waals surface area contributed by atoms with E-state index in [4.69, 9.17) is 15.5 Å². The minimum Gasteiger partial charge on any atom is -0.382 e. The second-order valence-corrected chi connectivity index (χ2v) is 7.56. The number of hydrogen-bond acceptors (Lipinski definition) is 7. The van der Waals surface area contributed by atoms with Crippen LogP contribution < -0.4 is 16.4 Å². The van der Waals surface area contributed by atoms with Gasteiger partial charge in [0, 0.05) is 43.2 Å². The van der Waals surface area contributed by atoms with Gasteiger partial charge in [-0.1, -0.05) is 30.4 Å². The van der Waals surface area contributed by atoms with Crippen molar-refractivity contribution < 1.29 is 14.3 Å². The van der Waals surface area contributed by atoms with Crippen molar-refractivity contribution in [1.29, 1.82) is 0 Å². The van der Waals surface area contributed by atoms with Gasteiger partial charge in [-0.15, -0.1) is 0 Å². The Bertz CT molecular complexity index is 1350. The second-order valence-electron chi connectivity index (χ2n) is 7.56. The highest BCUT2D eigenvalue weighted by Crippen LogP contribution is 2.28. The van der Waals surface area contributed by atoms with Crippen LogP contribution in [0.3, 0.4) is 0 Å². The Kier molecular flexibility index (Phi) is 7.44. The third kappa shape index (κ3) is 5.68. The Morgan fingerprint density at radius 1 is 1.09 bits per heavy atom. The first-order chi connectivity index (χ1) is 17.1. The van der Waals surface area contributed by atoms with Gasteiger partial charge < -0.3 is 21.1 Å². The van der Waals surface area contributed by atoms with Crippen LogP contribution in [0.2, 0.25) is 0 Å². The van der Waals surface area contributed by atoms with E-state index in [1.165, 1.54) is 0 Å². The summed E-state index contributed by atoms with van der Waals surface area (Å²) in [5.41, 5.74) is 8.64. The zero-order valence-electron chi connectivity index (χ0n) is 19.1. The van der Waals surface area contributed by atoms with Crippen molar-refractivity contribution in [2.75, 3.05) is 24.8 Å². The van der Waals surface area contributed by atoms with Gasteiger partial charge in [-0.05, 0) is 24.3 Å². The average Bonchev–Trinajstić information content (AvgIpc) is 3.26. The Morgan fingerprint density at radius 3 is 2.66 bits per heavy atom. The minimum atomic E-state index is -0.269. The normalized spacial score (nSPS) is 11.1. The summed E-state index contributed by atoms with van der Waals surface area (Å²) < 4.78 is 6.74. The predicted molar refractivity (Wildman–Crippen MR) is 133 cm³/mol. The first-order valence-electron chi connectivity index (χ1n) is 10.9. The number of aromatic nitrogens is 4. The highest BCUT2D eigenvalue weighted by molar-refractivity contribution is 6.04. The van der Waals surface area contributed by atoms with Gasteiger partial charge >= 0.3 is 0 Å². The number of nitrogen functional groups attached to an aromatic ring is 1. The van der Waals surface area contributed by atoms with E-state index >= 15 is 0 Å². The van der Waals surface area contributed by atoms with Crippen LogP contribution in [0.5, 0.6) is 0 Å². The smallest absolute Gasteiger partial charge is 0.256 e. The molecular formula is C25H25N7O3. The number of nitrogens with zero attached hydrogens (tertiary/aromatic N) is 4. The number of imidazole rings is 1. The fraction of sp³-hybridized carbons (Fsp3) is 0.160. The molecule has 3 aromatic heterocycles. The first-order valence-corrected chi connectivity index (χ1v) is 10.9. The van der Waals surface area contributed by atoms with Crippen LogP contribution in [-0.4, -0.2) is 44.9 Å². The van der Waals surface area contributed by atoms with Crippen LogP contribution >= 0.6 is 0 Å². The molecule has 0 spiro atoms. The van der Waals surface area contributed by atoms with E-state index in [0.717, 1.165) is 5.56 Å². The molecule has 4 N–H and O–H groups in total. The Balaban J connectivity index is 1.54. The number of methoxy groups -OCH3 is 1. The lowest BCUT2D eigenvalue weighted by Gasteiger charge is -2.05. The van der Waals surface area contributed by atoms with Gasteiger partial charge in [0.15, 0.2) is 0 Å². The summed E-state index contributed by atoms with van der Waals surface area (Å²) in [5.74, 6) is 0.985. The number of carbonyl (C=O) groups is 2. The Hall–Kier alpha value is -4.57. The molecule has 3 heterocycles. The zero-order chi connectivity index (χ0) is 24.6. The molecule has 0 bridgehead atoms. The summed E-state index contributed by atoms with van der Waals surface area (Å²) in [6.07, 6.45) is 8.72. The number of rotatable bonds is 9. The number of pyridine rings is 1. The minimum absolute atomic E-state index is 0.138. The fourth-order valence-electron chi connectivity index (χ4n) is 3.46. The molecule has 0 saturated heterocycles. The molecule has 1 aromatic carbocycles. The summed E-state index contributed by atoms with van der Waals surface area (Å²) in [6.45, 7) is 0.670. The molecule has 0 fully saturated rings. The van der Waals surface area contributed by atoms with Crippen LogP contribution in [-0.2, 0) is 16.1 Å². The molecule has 0 unspecified atom stereocenters. The van der Waals surface area contributed by atoms with Crippen molar-refractivity contribution in [1.82, 2.24) is 24.7 Å². The highest BCUT2D eigenvalue weighted by Gasteiger charge is 2.17. The molecule has 35 heavy (non-hydrogen) atoms. The zero-order valence-corrected chi connectivity index (χ0v) is 19.1. The quantitative estimate of drug-likeness (QED) is 0.319. The Labute approximate surface area is 201 Å². The van der Waals surface area contributed by atoms with Crippen molar-refractivity contribution >= 4 is 29.0 Å². The van der Waals surface area contributed by atoms with E-state index in [-0.39, 0.29) is 24.8 Å². The summed E-state index contributed by atoms with van der Waals surface area (Å²) >= 11 is 0. The number of anilines is 2. The van der Waals surface area contributed by atoms with E-state index < -0.39 is 0 Å². The summed E-state index contributed by atoms with van der Waals surface area (Å²) in [6, 6.07) is 12.3. The first kappa shape index (κ1) is 23.6. The van der Waals surface area contributed by atoms with Crippen LogP contribution in [0.4, 0.5) is 11.6 Å². The molecule has 2 amide bonds. The molecule has 4 aromatic rings. The van der Waals surface area contributed by atoms with Gasteiger partial charge in [-0.2, -0.15) is 0 Å². The molecule has 0 aliphatic carbocycles. The lowest BCUT2D eigenvalue weighted by molar-refractivity contribution is -0.120. The van der Waals surface area contributed by atoms with Gasteiger partial charge in [0.25, 0.3) is 5.91 Å². The summed E-state index contributed by atoms with van der Waals surface area (Å²) in [7, 11) is 1.59. The van der Waals surface area contributed by atoms with E-state index in [0.29, 0.717) is 40.8 Å². The monoisotopic (exact) mass is 471 g/mol. The SMILES string of the molecule is COC/C=C\CC(=O)NCc1nc(-c2ccc(C(=O)Nc3ccccn3)cc2)c2c(N)nccn12. The molecule has 0 radical (unpaired) electrons. The molecule has 0 saturated carbocycles. The van der Waals surface area contributed by atoms with Crippen LogP contribution in [0.1, 0.15) is 22.6 Å². The fourth-order valence-corrected chi connectivity index (χ4v) is 3.46. The van der Waals surface area contributed by atoms with Crippen LogP contribution in [0, 0.1) is 0 Å². The lowest BCUT2D eigenvalue weighted by atomic mass is 10.1. The maximum Gasteiger partial charge on any atom is 0.256 e. The number of ether oxygens (including phenoxy) is 1. The number of benzene rings is 1. The second kappa shape index (κ2) is 11.0. The van der Waals surface area contributed by atoms with E-state index in [1.807, 2.05) is 0 Å². The van der Waals surface area contributed by atoms with E-state index in [1.54, 1.807) is 84.7 Å². The molecule has 0 aliphatic rings. The maximum atomic E-state index is 12.5. The van der Waals surface area contributed by atoms with Crippen molar-refractivity contribution in [3.8, 4) is 11.3 Å². The van der Waals surface area contributed by atoms with Crippen molar-refractivity contribution in [3.05, 3.63) is 84.6 Å². The van der Waals surface area contributed by atoms with E-state index in [2.05, 4.69) is 20.6 Å². The van der Waals surface area contributed by atoms with Crippen molar-refractivity contribution in [2.45, 2.75) is 13.0 Å². The van der Waals surface area contributed by atoms with Gasteiger partial charge in [-0.25, -0.2) is 15.0 Å². The Morgan fingerprint density at radius 2 is 1.91 bits per heavy atom. The molecule has 0 atom stereocenters. The highest BCUT2D eigenvalue weighted by atomic mass is 16.5. The molecule has 4 rings (SSSR count). The van der Waals surface area contributed by atoms with Crippen molar-refractivity contribution in [3.63, 3.8) is 0 Å². The molecule has 0 aliphatic heterocycles. The van der Waals surface area contributed by atoms with Crippen LogP contribution in [0.25, 0.3) is 16.8 Å². The lowest BCUT2D eigenvalue weighted by Crippen LogP contribution is -2.23. The number of nitrogens with two attached hydrogens (primary N) is 1. The maximum absolute atomic E-state index is 12.5. The average molecular weight is 472 g/mol. The van der Waals surface area contributed by atoms with Gasteiger partial charge in [0.1, 0.15) is 28.7 Å². The van der Waals surface area contributed by atoms with Crippen LogP contribution in [0.15, 0.2) is 73.2 Å². The predicted octanol–water partition coefficient (Wildman–Crippen LogP) is 2.83. The number of carbonyl (C=O) groups excluding carboxylic acids is 2.